The Morgan fingerprint density at radius 3 is 2.65 bits per heavy atom. The molecule has 1 saturated heterocycles. The minimum Gasteiger partial charge on any atom is -0.346 e. The highest BCUT2D eigenvalue weighted by atomic mass is 32.2. The van der Waals surface area contributed by atoms with E-state index in [1.165, 1.54) is 10.5 Å². The lowest BCUT2D eigenvalue weighted by atomic mass is 10.1. The number of nitrogens with zero attached hydrogens (tertiary/aromatic N) is 5. The van der Waals surface area contributed by atoms with Gasteiger partial charge >= 0.3 is 0 Å². The second-order valence-corrected chi connectivity index (χ2v) is 10.2. The standard InChI is InChI=1S/C24H24N6O3S/c25-8-4-10-29-16-20(18-5-1-2-7-21(18)29)22(31)17-28-11-13-30(14-12-28)34(32,33)23-15-27-24-19(23)6-3-9-26-24/h1-3,5-7,9,15-16H,4,10-14,17H2,(H,26,27). The lowest BCUT2D eigenvalue weighted by Crippen LogP contribution is -2.49. The first-order valence-corrected chi connectivity index (χ1v) is 12.6. The predicted octanol–water partition coefficient (Wildman–Crippen LogP) is 2.62. The van der Waals surface area contributed by atoms with Crippen molar-refractivity contribution < 1.29 is 13.2 Å². The van der Waals surface area contributed by atoms with Crippen molar-refractivity contribution in [3.63, 3.8) is 0 Å². The zero-order valence-corrected chi connectivity index (χ0v) is 19.3. The van der Waals surface area contributed by atoms with Crippen molar-refractivity contribution in [2.75, 3.05) is 32.7 Å². The van der Waals surface area contributed by atoms with E-state index in [-0.39, 0.29) is 17.2 Å². The second-order valence-electron chi connectivity index (χ2n) is 8.32. The summed E-state index contributed by atoms with van der Waals surface area (Å²) in [6.07, 6.45) is 5.31. The minimum absolute atomic E-state index is 0.00841. The van der Waals surface area contributed by atoms with E-state index in [1.54, 1.807) is 18.3 Å². The first-order chi connectivity index (χ1) is 16.5. The van der Waals surface area contributed by atoms with Crippen LogP contribution < -0.4 is 0 Å². The van der Waals surface area contributed by atoms with Gasteiger partial charge in [-0.3, -0.25) is 9.69 Å². The first kappa shape index (κ1) is 22.3. The molecule has 10 heteroatoms. The van der Waals surface area contributed by atoms with E-state index in [0.717, 1.165) is 10.9 Å². The third-order valence-corrected chi connectivity index (χ3v) is 8.22. The normalized spacial score (nSPS) is 15.6. The summed E-state index contributed by atoms with van der Waals surface area (Å²) in [6.45, 7) is 2.32. The van der Waals surface area contributed by atoms with Gasteiger partial charge in [0.15, 0.2) is 5.78 Å². The number of benzene rings is 1. The van der Waals surface area contributed by atoms with Crippen LogP contribution in [0, 0.1) is 11.3 Å². The number of sulfonamides is 1. The second kappa shape index (κ2) is 9.02. The molecule has 0 radical (unpaired) electrons. The van der Waals surface area contributed by atoms with Crippen molar-refractivity contribution in [1.82, 2.24) is 23.7 Å². The molecule has 0 bridgehead atoms. The zero-order valence-electron chi connectivity index (χ0n) is 18.5. The average molecular weight is 477 g/mol. The molecule has 174 valence electrons. The van der Waals surface area contributed by atoms with Crippen LogP contribution in [-0.4, -0.2) is 70.7 Å². The highest BCUT2D eigenvalue weighted by molar-refractivity contribution is 7.89. The number of ketones is 1. The molecule has 1 aromatic carbocycles. The molecule has 34 heavy (non-hydrogen) atoms. The number of Topliss-reactive ketones (excluding diaryl/α,β-unsaturated/α-hetero) is 1. The van der Waals surface area contributed by atoms with Crippen LogP contribution in [0.15, 0.2) is 59.9 Å². The van der Waals surface area contributed by atoms with Gasteiger partial charge in [-0.25, -0.2) is 13.4 Å². The Kier molecular flexibility index (Phi) is 5.91. The van der Waals surface area contributed by atoms with E-state index < -0.39 is 10.0 Å². The van der Waals surface area contributed by atoms with E-state index in [1.807, 2.05) is 39.9 Å². The molecule has 1 N–H and O–H groups in total. The molecule has 4 aromatic rings. The molecule has 0 amide bonds. The largest absolute Gasteiger partial charge is 0.346 e. The number of aromatic amines is 1. The molecule has 0 aliphatic carbocycles. The summed E-state index contributed by atoms with van der Waals surface area (Å²) in [5.74, 6) is -0.00841. The monoisotopic (exact) mass is 476 g/mol. The van der Waals surface area contributed by atoms with E-state index >= 15 is 0 Å². The van der Waals surface area contributed by atoms with Crippen LogP contribution >= 0.6 is 0 Å². The highest BCUT2D eigenvalue weighted by Gasteiger charge is 2.31. The van der Waals surface area contributed by atoms with Gasteiger partial charge in [0.25, 0.3) is 0 Å². The van der Waals surface area contributed by atoms with Crippen LogP contribution in [0.3, 0.4) is 0 Å². The van der Waals surface area contributed by atoms with Gasteiger partial charge in [-0.2, -0.15) is 9.57 Å². The molecule has 5 rings (SSSR count). The number of hydrogen-bond acceptors (Lipinski definition) is 6. The number of para-hydroxylation sites is 1. The molecule has 1 fully saturated rings. The summed E-state index contributed by atoms with van der Waals surface area (Å²) >= 11 is 0. The minimum atomic E-state index is -3.66. The van der Waals surface area contributed by atoms with E-state index in [2.05, 4.69) is 16.0 Å². The average Bonchev–Trinajstić information content (AvgIpc) is 3.45. The van der Waals surface area contributed by atoms with Gasteiger partial charge in [0.05, 0.1) is 19.0 Å². The number of carbonyl (C=O) groups excluding carboxylic acids is 1. The summed E-state index contributed by atoms with van der Waals surface area (Å²) in [5, 5.41) is 10.4. The third-order valence-electron chi connectivity index (χ3n) is 6.28. The molecule has 3 aromatic heterocycles. The Morgan fingerprint density at radius 1 is 1.09 bits per heavy atom. The predicted molar refractivity (Wildman–Crippen MR) is 128 cm³/mol. The van der Waals surface area contributed by atoms with Crippen molar-refractivity contribution in [3.8, 4) is 6.07 Å². The molecule has 1 aliphatic heterocycles. The van der Waals surface area contributed by atoms with Gasteiger partial charge < -0.3 is 9.55 Å². The van der Waals surface area contributed by atoms with E-state index in [4.69, 9.17) is 5.26 Å². The van der Waals surface area contributed by atoms with Crippen molar-refractivity contribution >= 4 is 37.7 Å². The number of nitriles is 1. The number of fused-ring (bicyclic) bond motifs is 2. The molecular formula is C24H24N6O3S. The van der Waals surface area contributed by atoms with Gasteiger partial charge in [-0.1, -0.05) is 18.2 Å². The lowest BCUT2D eigenvalue weighted by molar-refractivity contribution is 0.0903. The molecular weight excluding hydrogens is 452 g/mol. The van der Waals surface area contributed by atoms with Crippen molar-refractivity contribution in [2.24, 2.45) is 0 Å². The third kappa shape index (κ3) is 3.98. The number of nitrogens with one attached hydrogen (secondary N) is 1. The van der Waals surface area contributed by atoms with Gasteiger partial charge in [0, 0.05) is 73.2 Å². The Labute approximate surface area is 197 Å². The zero-order chi connectivity index (χ0) is 23.7. The number of H-pyrrole nitrogens is 1. The quantitative estimate of drug-likeness (QED) is 0.410. The number of hydrogen-bond donors (Lipinski definition) is 1. The molecule has 0 unspecified atom stereocenters. The van der Waals surface area contributed by atoms with Gasteiger partial charge in [0.1, 0.15) is 10.5 Å². The Hall–Kier alpha value is -3.52. The number of pyridine rings is 1. The van der Waals surface area contributed by atoms with Crippen molar-refractivity contribution in [1.29, 1.82) is 5.26 Å². The fraction of sp³-hybridized carbons (Fsp3) is 0.292. The van der Waals surface area contributed by atoms with Crippen molar-refractivity contribution in [3.05, 3.63) is 60.6 Å². The number of carbonyl (C=O) groups is 1. The Bertz CT molecular complexity index is 1510. The SMILES string of the molecule is N#CCCn1cc(C(=O)CN2CCN(S(=O)(=O)c3c[nH]c4ncccc34)CC2)c2ccccc21. The molecule has 1 aliphatic rings. The summed E-state index contributed by atoms with van der Waals surface area (Å²) in [4.78, 5) is 22.5. The van der Waals surface area contributed by atoms with Crippen LogP contribution in [0.5, 0.6) is 0 Å². The van der Waals surface area contributed by atoms with E-state index in [0.29, 0.717) is 55.7 Å². The summed E-state index contributed by atoms with van der Waals surface area (Å²) in [6, 6.07) is 13.3. The van der Waals surface area contributed by atoms with Crippen LogP contribution in [0.25, 0.3) is 21.9 Å². The Balaban J connectivity index is 1.28. The van der Waals surface area contributed by atoms with Crippen LogP contribution in [0.4, 0.5) is 0 Å². The summed E-state index contributed by atoms with van der Waals surface area (Å²) < 4.78 is 29.9. The first-order valence-electron chi connectivity index (χ1n) is 11.1. The smallest absolute Gasteiger partial charge is 0.245 e. The maximum absolute atomic E-state index is 13.2. The fourth-order valence-electron chi connectivity index (χ4n) is 4.52. The molecule has 9 nitrogen and oxygen atoms in total. The number of aromatic nitrogens is 3. The molecule has 0 spiro atoms. The van der Waals surface area contributed by atoms with Crippen LogP contribution in [0.1, 0.15) is 16.8 Å². The maximum atomic E-state index is 13.2. The van der Waals surface area contributed by atoms with Crippen molar-refractivity contribution in [2.45, 2.75) is 17.9 Å². The number of aryl methyl sites for hydroxylation is 1. The topological polar surface area (TPSA) is 115 Å². The molecule has 4 heterocycles. The van der Waals surface area contributed by atoms with Gasteiger partial charge in [-0.05, 0) is 18.2 Å². The fourth-order valence-corrected chi connectivity index (χ4v) is 6.10. The van der Waals surface area contributed by atoms with E-state index in [9.17, 15) is 13.2 Å². The lowest BCUT2D eigenvalue weighted by Gasteiger charge is -2.33. The maximum Gasteiger partial charge on any atom is 0.245 e. The van der Waals surface area contributed by atoms with Crippen LogP contribution in [0.2, 0.25) is 0 Å². The number of rotatable bonds is 7. The molecule has 0 atom stereocenters. The Morgan fingerprint density at radius 2 is 1.85 bits per heavy atom. The van der Waals surface area contributed by atoms with Gasteiger partial charge in [-0.15, -0.1) is 0 Å². The summed E-state index contributed by atoms with van der Waals surface area (Å²) in [7, 11) is -3.66. The summed E-state index contributed by atoms with van der Waals surface area (Å²) in [5.41, 5.74) is 2.11. The van der Waals surface area contributed by atoms with Gasteiger partial charge in [0.2, 0.25) is 10.0 Å². The highest BCUT2D eigenvalue weighted by Crippen LogP contribution is 2.26. The molecule has 0 saturated carbocycles. The van der Waals surface area contributed by atoms with Crippen LogP contribution in [-0.2, 0) is 16.6 Å². The number of piperazine rings is 1.